The number of carboxylic acid groups (broad SMARTS) is 1. The highest BCUT2D eigenvalue weighted by Crippen LogP contribution is 2.16. The van der Waals surface area contributed by atoms with E-state index in [2.05, 4.69) is 10.1 Å². The van der Waals surface area contributed by atoms with Crippen molar-refractivity contribution >= 4 is 5.97 Å². The summed E-state index contributed by atoms with van der Waals surface area (Å²) in [5.41, 5.74) is 0.921. The van der Waals surface area contributed by atoms with Gasteiger partial charge in [0.1, 0.15) is 18.0 Å². The molecule has 7 heteroatoms. The maximum Gasteiger partial charge on any atom is 0.356 e. The SMILES string of the molecule is Cc1nn(C)c(-n2cnc(C(=O)O)c2)c1C#N. The van der Waals surface area contributed by atoms with Crippen molar-refractivity contribution in [2.45, 2.75) is 6.92 Å². The van der Waals surface area contributed by atoms with E-state index in [0.29, 0.717) is 17.1 Å². The molecule has 0 amide bonds. The van der Waals surface area contributed by atoms with E-state index in [1.54, 1.807) is 14.0 Å². The van der Waals surface area contributed by atoms with Gasteiger partial charge in [-0.3, -0.25) is 9.25 Å². The van der Waals surface area contributed by atoms with Gasteiger partial charge in [0.25, 0.3) is 0 Å². The third kappa shape index (κ3) is 1.65. The zero-order chi connectivity index (χ0) is 12.6. The molecule has 2 heterocycles. The van der Waals surface area contributed by atoms with Crippen LogP contribution in [0.2, 0.25) is 0 Å². The minimum atomic E-state index is -1.11. The Morgan fingerprint density at radius 1 is 1.59 bits per heavy atom. The highest BCUT2D eigenvalue weighted by molar-refractivity contribution is 5.85. The molecular formula is C10H9N5O2. The van der Waals surface area contributed by atoms with Gasteiger partial charge in [-0.1, -0.05) is 0 Å². The number of carboxylic acids is 1. The van der Waals surface area contributed by atoms with Crippen molar-refractivity contribution in [3.05, 3.63) is 29.5 Å². The zero-order valence-electron chi connectivity index (χ0n) is 9.25. The van der Waals surface area contributed by atoms with Crippen molar-refractivity contribution in [2.75, 3.05) is 0 Å². The monoisotopic (exact) mass is 231 g/mol. The Hall–Kier alpha value is -2.62. The molecule has 0 radical (unpaired) electrons. The van der Waals surface area contributed by atoms with Gasteiger partial charge in [-0.25, -0.2) is 9.78 Å². The van der Waals surface area contributed by atoms with E-state index in [1.165, 1.54) is 21.8 Å². The first-order valence-electron chi connectivity index (χ1n) is 4.76. The summed E-state index contributed by atoms with van der Waals surface area (Å²) in [6.45, 7) is 1.72. The molecular weight excluding hydrogens is 222 g/mol. The quantitative estimate of drug-likeness (QED) is 0.810. The van der Waals surface area contributed by atoms with Crippen molar-refractivity contribution in [1.29, 1.82) is 5.26 Å². The topological polar surface area (TPSA) is 96.7 Å². The predicted octanol–water partition coefficient (Wildman–Crippen LogP) is 0.484. The van der Waals surface area contributed by atoms with Crippen LogP contribution in [0, 0.1) is 18.3 Å². The van der Waals surface area contributed by atoms with Crippen LogP contribution in [-0.2, 0) is 7.05 Å². The van der Waals surface area contributed by atoms with Crippen LogP contribution in [-0.4, -0.2) is 30.4 Å². The molecule has 1 N–H and O–H groups in total. The lowest BCUT2D eigenvalue weighted by Crippen LogP contribution is -2.02. The molecule has 0 aliphatic rings. The second-order valence-corrected chi connectivity index (χ2v) is 3.49. The number of aryl methyl sites for hydroxylation is 2. The maximum absolute atomic E-state index is 10.7. The first-order valence-corrected chi connectivity index (χ1v) is 4.76. The molecule has 0 bridgehead atoms. The first kappa shape index (κ1) is 10.9. The van der Waals surface area contributed by atoms with Crippen molar-refractivity contribution < 1.29 is 9.90 Å². The van der Waals surface area contributed by atoms with E-state index in [1.807, 2.05) is 6.07 Å². The molecule has 0 unspecified atom stereocenters. The fourth-order valence-electron chi connectivity index (χ4n) is 1.62. The van der Waals surface area contributed by atoms with E-state index < -0.39 is 5.97 Å². The third-order valence-electron chi connectivity index (χ3n) is 2.35. The molecule has 0 atom stereocenters. The number of rotatable bonds is 2. The van der Waals surface area contributed by atoms with Crippen LogP contribution in [0.15, 0.2) is 12.5 Å². The number of hydrogen-bond acceptors (Lipinski definition) is 4. The van der Waals surface area contributed by atoms with Gasteiger partial charge in [-0.15, -0.1) is 0 Å². The van der Waals surface area contributed by atoms with Crippen molar-refractivity contribution in [2.24, 2.45) is 7.05 Å². The summed E-state index contributed by atoms with van der Waals surface area (Å²) in [7, 11) is 1.68. The number of hydrogen-bond donors (Lipinski definition) is 1. The van der Waals surface area contributed by atoms with E-state index >= 15 is 0 Å². The normalized spacial score (nSPS) is 10.2. The minimum Gasteiger partial charge on any atom is -0.476 e. The van der Waals surface area contributed by atoms with Crippen LogP contribution in [0.4, 0.5) is 0 Å². The average molecular weight is 231 g/mol. The fourth-order valence-corrected chi connectivity index (χ4v) is 1.62. The standard InChI is InChI=1S/C10H9N5O2/c1-6-7(3-11)9(14(2)13-6)15-4-8(10(16)17)12-5-15/h4-5H,1-2H3,(H,16,17). The first-order chi connectivity index (χ1) is 8.04. The lowest BCUT2D eigenvalue weighted by Gasteiger charge is -2.01. The summed E-state index contributed by atoms with van der Waals surface area (Å²) in [6.07, 6.45) is 2.69. The number of nitriles is 1. The third-order valence-corrected chi connectivity index (χ3v) is 2.35. The molecule has 2 aromatic heterocycles. The van der Waals surface area contributed by atoms with Crippen LogP contribution in [0.1, 0.15) is 21.7 Å². The van der Waals surface area contributed by atoms with E-state index in [0.717, 1.165) is 0 Å². The molecule has 7 nitrogen and oxygen atoms in total. The summed E-state index contributed by atoms with van der Waals surface area (Å²) >= 11 is 0. The molecule has 17 heavy (non-hydrogen) atoms. The molecule has 0 fully saturated rings. The molecule has 0 spiro atoms. The van der Waals surface area contributed by atoms with Gasteiger partial charge >= 0.3 is 5.97 Å². The second-order valence-electron chi connectivity index (χ2n) is 3.49. The summed E-state index contributed by atoms with van der Waals surface area (Å²) in [5, 5.41) is 21.9. The number of imidazole rings is 1. The highest BCUT2D eigenvalue weighted by Gasteiger charge is 2.16. The van der Waals surface area contributed by atoms with Gasteiger partial charge in [0.2, 0.25) is 0 Å². The van der Waals surface area contributed by atoms with Crippen LogP contribution < -0.4 is 0 Å². The summed E-state index contributed by atoms with van der Waals surface area (Å²) < 4.78 is 2.99. The van der Waals surface area contributed by atoms with Gasteiger partial charge in [-0.2, -0.15) is 10.4 Å². The van der Waals surface area contributed by atoms with Crippen molar-refractivity contribution in [1.82, 2.24) is 19.3 Å². The molecule has 0 aromatic carbocycles. The number of nitrogens with zero attached hydrogens (tertiary/aromatic N) is 5. The van der Waals surface area contributed by atoms with Crippen molar-refractivity contribution in [3.8, 4) is 11.9 Å². The lowest BCUT2D eigenvalue weighted by molar-refractivity contribution is 0.0691. The van der Waals surface area contributed by atoms with Crippen LogP contribution in [0.25, 0.3) is 5.82 Å². The fraction of sp³-hybridized carbons (Fsp3) is 0.200. The van der Waals surface area contributed by atoms with Crippen LogP contribution in [0.5, 0.6) is 0 Å². The van der Waals surface area contributed by atoms with Crippen LogP contribution >= 0.6 is 0 Å². The molecule has 0 saturated heterocycles. The average Bonchev–Trinajstić information content (AvgIpc) is 2.82. The van der Waals surface area contributed by atoms with Crippen molar-refractivity contribution in [3.63, 3.8) is 0 Å². The van der Waals surface area contributed by atoms with Gasteiger partial charge in [0.15, 0.2) is 11.5 Å². The number of carbonyl (C=O) groups is 1. The van der Waals surface area contributed by atoms with E-state index in [4.69, 9.17) is 10.4 Å². The van der Waals surface area contributed by atoms with Gasteiger partial charge in [0.05, 0.1) is 5.69 Å². The Morgan fingerprint density at radius 2 is 2.29 bits per heavy atom. The lowest BCUT2D eigenvalue weighted by atomic mass is 10.2. The molecule has 86 valence electrons. The zero-order valence-corrected chi connectivity index (χ0v) is 9.25. The molecule has 2 aromatic rings. The van der Waals surface area contributed by atoms with Gasteiger partial charge in [0, 0.05) is 13.2 Å². The Morgan fingerprint density at radius 3 is 2.82 bits per heavy atom. The van der Waals surface area contributed by atoms with Gasteiger partial charge in [-0.05, 0) is 6.92 Å². The molecule has 0 saturated carbocycles. The predicted molar refractivity (Wildman–Crippen MR) is 56.7 cm³/mol. The Bertz CT molecular complexity index is 632. The maximum atomic E-state index is 10.7. The smallest absolute Gasteiger partial charge is 0.356 e. The summed E-state index contributed by atoms with van der Waals surface area (Å²) in [5.74, 6) is -0.605. The summed E-state index contributed by atoms with van der Waals surface area (Å²) in [6, 6.07) is 2.04. The Balaban J connectivity index is 2.60. The Labute approximate surface area is 96.5 Å². The van der Waals surface area contributed by atoms with E-state index in [-0.39, 0.29) is 5.69 Å². The molecule has 0 aliphatic heterocycles. The van der Waals surface area contributed by atoms with Crippen LogP contribution in [0.3, 0.4) is 0 Å². The number of aromatic carboxylic acids is 1. The molecule has 2 rings (SSSR count). The minimum absolute atomic E-state index is 0.0762. The van der Waals surface area contributed by atoms with Gasteiger partial charge < -0.3 is 5.11 Å². The largest absolute Gasteiger partial charge is 0.476 e. The molecule has 0 aliphatic carbocycles. The Kier molecular flexibility index (Phi) is 2.40. The van der Waals surface area contributed by atoms with E-state index in [9.17, 15) is 4.79 Å². The second kappa shape index (κ2) is 3.75. The summed E-state index contributed by atoms with van der Waals surface area (Å²) in [4.78, 5) is 14.5. The highest BCUT2D eigenvalue weighted by atomic mass is 16.4. The number of aromatic nitrogens is 4.